The van der Waals surface area contributed by atoms with Crippen LogP contribution in [0.4, 0.5) is 0 Å². The number of ether oxygens (including phenoxy) is 3. The highest BCUT2D eigenvalue weighted by atomic mass is 16.5. The fourth-order valence-corrected chi connectivity index (χ4v) is 5.66. The Morgan fingerprint density at radius 3 is 1.91 bits per heavy atom. The summed E-state index contributed by atoms with van der Waals surface area (Å²) in [6.07, 6.45) is -0.364. The fraction of sp³-hybridized carbons (Fsp3) is 0.184. The molecule has 43 heavy (non-hydrogen) atoms. The van der Waals surface area contributed by atoms with Gasteiger partial charge in [0.05, 0.1) is 12.7 Å². The molecule has 0 spiro atoms. The minimum absolute atomic E-state index is 0.0880. The average Bonchev–Trinajstić information content (AvgIpc) is 3.05. The summed E-state index contributed by atoms with van der Waals surface area (Å²) in [7, 11) is 1.66. The number of hydrogen-bond acceptors (Lipinski definition) is 5. The average molecular weight is 570 g/mol. The van der Waals surface area contributed by atoms with Crippen LogP contribution in [0.3, 0.4) is 0 Å². The van der Waals surface area contributed by atoms with E-state index in [1.807, 2.05) is 72.8 Å². The third-order valence-electron chi connectivity index (χ3n) is 7.94. The van der Waals surface area contributed by atoms with Gasteiger partial charge in [0.1, 0.15) is 24.3 Å². The molecule has 0 aliphatic carbocycles. The predicted octanol–water partition coefficient (Wildman–Crippen LogP) is 8.63. The molecule has 0 heterocycles. The maximum Gasteiger partial charge on any atom is 0.339 e. The maximum absolute atomic E-state index is 14.0. The van der Waals surface area contributed by atoms with Crippen molar-refractivity contribution in [3.63, 3.8) is 0 Å². The van der Waals surface area contributed by atoms with Crippen LogP contribution in [-0.4, -0.2) is 32.5 Å². The minimum Gasteiger partial charge on any atom is -0.496 e. The first-order valence-electron chi connectivity index (χ1n) is 14.6. The van der Waals surface area contributed by atoms with Gasteiger partial charge in [0.15, 0.2) is 0 Å². The molecule has 1 atom stereocenters. The van der Waals surface area contributed by atoms with Crippen molar-refractivity contribution in [2.24, 2.45) is 5.92 Å². The molecular weight excluding hydrogens is 534 g/mol. The zero-order valence-corrected chi connectivity index (χ0v) is 24.7. The Kier molecular flexibility index (Phi) is 8.25. The Balaban J connectivity index is 1.28. The van der Waals surface area contributed by atoms with Crippen molar-refractivity contribution < 1.29 is 19.0 Å². The van der Waals surface area contributed by atoms with Gasteiger partial charge in [-0.1, -0.05) is 111 Å². The van der Waals surface area contributed by atoms with E-state index in [1.54, 1.807) is 7.11 Å². The summed E-state index contributed by atoms with van der Waals surface area (Å²) in [5.41, 5.74) is 2.20. The molecule has 6 aromatic rings. The zero-order valence-electron chi connectivity index (χ0n) is 24.7. The van der Waals surface area contributed by atoms with Gasteiger partial charge in [-0.15, -0.1) is 0 Å². The molecule has 6 rings (SSSR count). The fourth-order valence-electron chi connectivity index (χ4n) is 5.66. The van der Waals surface area contributed by atoms with Crippen LogP contribution in [-0.2, 0) is 4.74 Å². The van der Waals surface area contributed by atoms with Crippen molar-refractivity contribution in [3.8, 4) is 22.6 Å². The van der Waals surface area contributed by atoms with Gasteiger partial charge in [-0.2, -0.15) is 0 Å². The number of nitrogens with one attached hydrogen (secondary N) is 1. The zero-order chi connectivity index (χ0) is 29.8. The third-order valence-corrected chi connectivity index (χ3v) is 7.94. The Labute approximate surface area is 252 Å². The van der Waals surface area contributed by atoms with Crippen molar-refractivity contribution in [2.45, 2.75) is 20.0 Å². The number of rotatable bonds is 10. The predicted molar refractivity (Wildman–Crippen MR) is 175 cm³/mol. The van der Waals surface area contributed by atoms with E-state index in [-0.39, 0.29) is 18.0 Å². The number of fused-ring (bicyclic) bond motifs is 3. The second kappa shape index (κ2) is 12.6. The normalized spacial score (nSPS) is 12.1. The molecule has 0 amide bonds. The van der Waals surface area contributed by atoms with E-state index >= 15 is 0 Å². The van der Waals surface area contributed by atoms with Crippen molar-refractivity contribution >= 4 is 38.3 Å². The highest BCUT2D eigenvalue weighted by Crippen LogP contribution is 2.42. The number of carbonyl (C=O) groups is 1. The van der Waals surface area contributed by atoms with Crippen LogP contribution < -0.4 is 14.8 Å². The SMILES string of the molecule is COc1ccc2ccccc2c1-c1c(C(=O)OC(CNCOc2cccc3ccccc23)C(C)C)ccc2ccccc12. The van der Waals surface area contributed by atoms with Crippen molar-refractivity contribution in [2.75, 3.05) is 20.4 Å². The molecule has 0 radical (unpaired) electrons. The van der Waals surface area contributed by atoms with Gasteiger partial charge < -0.3 is 14.2 Å². The molecule has 0 saturated carbocycles. The van der Waals surface area contributed by atoms with Gasteiger partial charge in [-0.25, -0.2) is 4.79 Å². The van der Waals surface area contributed by atoms with Crippen LogP contribution in [0.2, 0.25) is 0 Å². The Morgan fingerprint density at radius 1 is 0.651 bits per heavy atom. The van der Waals surface area contributed by atoms with E-state index in [4.69, 9.17) is 14.2 Å². The molecule has 0 bridgehead atoms. The van der Waals surface area contributed by atoms with Gasteiger partial charge in [-0.05, 0) is 51.0 Å². The summed E-state index contributed by atoms with van der Waals surface area (Å²) in [5.74, 6) is 1.24. The highest BCUT2D eigenvalue weighted by Gasteiger charge is 2.25. The number of hydrogen-bond donors (Lipinski definition) is 1. The Bertz CT molecular complexity index is 1910. The number of methoxy groups -OCH3 is 1. The number of benzene rings is 6. The van der Waals surface area contributed by atoms with Crippen LogP contribution in [0.15, 0.2) is 115 Å². The quantitative estimate of drug-likeness (QED) is 0.102. The monoisotopic (exact) mass is 569 g/mol. The molecule has 6 aromatic carbocycles. The molecule has 1 N–H and O–H groups in total. The molecule has 5 heteroatoms. The second-order valence-corrected chi connectivity index (χ2v) is 11.0. The van der Waals surface area contributed by atoms with Gasteiger partial charge in [-0.3, -0.25) is 5.32 Å². The lowest BCUT2D eigenvalue weighted by Gasteiger charge is -2.24. The molecule has 5 nitrogen and oxygen atoms in total. The van der Waals surface area contributed by atoms with Crippen molar-refractivity contribution in [1.29, 1.82) is 0 Å². The molecule has 0 aliphatic heterocycles. The Hall–Kier alpha value is -4.87. The smallest absolute Gasteiger partial charge is 0.339 e. The third kappa shape index (κ3) is 5.77. The molecule has 216 valence electrons. The molecule has 0 aromatic heterocycles. The second-order valence-electron chi connectivity index (χ2n) is 11.0. The lowest BCUT2D eigenvalue weighted by Crippen LogP contribution is -2.36. The van der Waals surface area contributed by atoms with Crippen LogP contribution in [0.1, 0.15) is 24.2 Å². The topological polar surface area (TPSA) is 56.8 Å². The van der Waals surface area contributed by atoms with E-state index in [1.165, 1.54) is 0 Å². The maximum atomic E-state index is 14.0. The largest absolute Gasteiger partial charge is 0.496 e. The summed E-state index contributed by atoms with van der Waals surface area (Å²) in [4.78, 5) is 14.0. The van der Waals surface area contributed by atoms with Gasteiger partial charge in [0, 0.05) is 23.1 Å². The summed E-state index contributed by atoms with van der Waals surface area (Å²) in [6.45, 7) is 4.86. The van der Waals surface area contributed by atoms with Crippen molar-refractivity contribution in [1.82, 2.24) is 5.32 Å². The van der Waals surface area contributed by atoms with Crippen molar-refractivity contribution in [3.05, 3.63) is 121 Å². The number of esters is 1. The van der Waals surface area contributed by atoms with E-state index < -0.39 is 0 Å². The lowest BCUT2D eigenvalue weighted by atomic mass is 9.89. The van der Waals surface area contributed by atoms with Gasteiger partial charge in [0.2, 0.25) is 0 Å². The number of carbonyl (C=O) groups excluding carboxylic acids is 1. The highest BCUT2D eigenvalue weighted by molar-refractivity contribution is 6.14. The summed E-state index contributed by atoms with van der Waals surface area (Å²) in [5, 5.41) is 9.61. The summed E-state index contributed by atoms with van der Waals surface area (Å²) < 4.78 is 18.1. The van der Waals surface area contributed by atoms with E-state index in [9.17, 15) is 4.79 Å². The van der Waals surface area contributed by atoms with Crippen LogP contribution in [0.25, 0.3) is 43.4 Å². The Morgan fingerprint density at radius 2 is 1.23 bits per heavy atom. The van der Waals surface area contributed by atoms with Crippen LogP contribution in [0.5, 0.6) is 11.5 Å². The summed E-state index contributed by atoms with van der Waals surface area (Å²) in [6, 6.07) is 38.3. The first-order chi connectivity index (χ1) is 21.0. The summed E-state index contributed by atoms with van der Waals surface area (Å²) >= 11 is 0. The van der Waals surface area contributed by atoms with Gasteiger partial charge in [0.25, 0.3) is 0 Å². The van der Waals surface area contributed by atoms with E-state index in [0.29, 0.717) is 24.6 Å². The molecule has 0 fully saturated rings. The lowest BCUT2D eigenvalue weighted by molar-refractivity contribution is 0.0173. The van der Waals surface area contributed by atoms with Gasteiger partial charge >= 0.3 is 5.97 Å². The molecular formula is C38H35NO4. The standard InChI is InChI=1S/C38H35NO4/c1-25(2)35(23-39-24-42-33-18-10-14-26-11-4-7-15-29(26)33)43-38(40)32-21-19-27-12-5-8-16-30(27)36(32)37-31-17-9-6-13-28(31)20-22-34(37)41-3/h4-22,25,35,39H,23-24H2,1-3H3. The first kappa shape index (κ1) is 28.3. The van der Waals surface area contributed by atoms with E-state index in [2.05, 4.69) is 61.6 Å². The van der Waals surface area contributed by atoms with Crippen LogP contribution >= 0.6 is 0 Å². The minimum atomic E-state index is -0.369. The van der Waals surface area contributed by atoms with E-state index in [0.717, 1.165) is 49.2 Å². The molecule has 1 unspecified atom stereocenters. The molecule has 0 saturated heterocycles. The molecule has 0 aliphatic rings. The first-order valence-corrected chi connectivity index (χ1v) is 14.6. The van der Waals surface area contributed by atoms with Crippen LogP contribution in [0, 0.1) is 5.92 Å².